The highest BCUT2D eigenvalue weighted by Crippen LogP contribution is 2.30. The molecular formula is C24H14O4. The summed E-state index contributed by atoms with van der Waals surface area (Å²) in [6.07, 6.45) is 11.0. The number of rotatable bonds is 3. The maximum atomic E-state index is 5.93. The molecular weight excluding hydrogens is 352 g/mol. The highest BCUT2D eigenvalue weighted by atomic mass is 16.4. The van der Waals surface area contributed by atoms with Gasteiger partial charge in [-0.25, -0.2) is 0 Å². The molecule has 134 valence electrons. The van der Waals surface area contributed by atoms with E-state index in [0.29, 0.717) is 0 Å². The molecule has 0 fully saturated rings. The molecule has 0 aliphatic rings. The van der Waals surface area contributed by atoms with Crippen LogP contribution in [0.4, 0.5) is 0 Å². The van der Waals surface area contributed by atoms with Crippen molar-refractivity contribution in [3.8, 4) is 0 Å². The van der Waals surface area contributed by atoms with E-state index in [1.807, 2.05) is 72.8 Å². The van der Waals surface area contributed by atoms with Crippen LogP contribution < -0.4 is 0 Å². The molecule has 4 heterocycles. The summed E-state index contributed by atoms with van der Waals surface area (Å²) in [6.45, 7) is 0. The SMILES string of the molecule is C(=C/c1cc2ccc3ccoc3c2o1)/C=C/c1cc2ccc3ccoc3c2o1. The van der Waals surface area contributed by atoms with Crippen molar-refractivity contribution in [3.05, 3.63) is 84.7 Å². The van der Waals surface area contributed by atoms with Gasteiger partial charge in [0.2, 0.25) is 0 Å². The van der Waals surface area contributed by atoms with Crippen LogP contribution in [0.1, 0.15) is 11.5 Å². The average molecular weight is 366 g/mol. The van der Waals surface area contributed by atoms with Crippen LogP contribution in [0.3, 0.4) is 0 Å². The van der Waals surface area contributed by atoms with Crippen LogP contribution in [0.5, 0.6) is 0 Å². The summed E-state index contributed by atoms with van der Waals surface area (Å²) in [4.78, 5) is 0. The quantitative estimate of drug-likeness (QED) is 0.306. The molecule has 0 N–H and O–H groups in total. The number of allylic oxidation sites excluding steroid dienone is 2. The lowest BCUT2D eigenvalue weighted by molar-refractivity contribution is 0.576. The lowest BCUT2D eigenvalue weighted by Crippen LogP contribution is -1.64. The first-order chi connectivity index (χ1) is 13.8. The van der Waals surface area contributed by atoms with E-state index in [0.717, 1.165) is 55.4 Å². The van der Waals surface area contributed by atoms with Gasteiger partial charge in [0.25, 0.3) is 0 Å². The van der Waals surface area contributed by atoms with Gasteiger partial charge < -0.3 is 17.7 Å². The maximum Gasteiger partial charge on any atom is 0.177 e. The van der Waals surface area contributed by atoms with E-state index < -0.39 is 0 Å². The Morgan fingerprint density at radius 3 is 1.46 bits per heavy atom. The predicted molar refractivity (Wildman–Crippen MR) is 110 cm³/mol. The first kappa shape index (κ1) is 15.2. The summed E-state index contributed by atoms with van der Waals surface area (Å²) in [5.74, 6) is 1.54. The third-order valence-electron chi connectivity index (χ3n) is 4.88. The topological polar surface area (TPSA) is 52.6 Å². The Hall–Kier alpha value is -3.92. The van der Waals surface area contributed by atoms with E-state index in [1.54, 1.807) is 12.5 Å². The van der Waals surface area contributed by atoms with Crippen molar-refractivity contribution >= 4 is 56.0 Å². The Bertz CT molecular complexity index is 1400. The van der Waals surface area contributed by atoms with Crippen molar-refractivity contribution < 1.29 is 17.7 Å². The first-order valence-electron chi connectivity index (χ1n) is 8.99. The zero-order chi connectivity index (χ0) is 18.5. The molecule has 28 heavy (non-hydrogen) atoms. The molecule has 2 aromatic carbocycles. The zero-order valence-electron chi connectivity index (χ0n) is 14.7. The van der Waals surface area contributed by atoms with Crippen molar-refractivity contribution in [2.75, 3.05) is 0 Å². The monoisotopic (exact) mass is 366 g/mol. The van der Waals surface area contributed by atoms with Crippen LogP contribution >= 0.6 is 0 Å². The fourth-order valence-corrected chi connectivity index (χ4v) is 3.55. The van der Waals surface area contributed by atoms with E-state index in [2.05, 4.69) is 0 Å². The van der Waals surface area contributed by atoms with E-state index in [1.165, 1.54) is 0 Å². The second-order valence-corrected chi connectivity index (χ2v) is 6.66. The van der Waals surface area contributed by atoms with Crippen molar-refractivity contribution in [2.24, 2.45) is 0 Å². The standard InChI is InChI=1S/C24H14O4/c1(3-19-13-17-7-5-15-9-11-25-21(15)23(17)27-19)2-4-20-14-18-8-6-16-10-12-26-22(16)24(18)28-20/h1-14H/b3-1-,4-2+. The molecule has 0 atom stereocenters. The summed E-state index contributed by atoms with van der Waals surface area (Å²) < 4.78 is 22.9. The molecule has 0 aliphatic heterocycles. The van der Waals surface area contributed by atoms with Crippen LogP contribution in [-0.4, -0.2) is 0 Å². The van der Waals surface area contributed by atoms with Gasteiger partial charge >= 0.3 is 0 Å². The molecule has 0 bridgehead atoms. The van der Waals surface area contributed by atoms with E-state index in [4.69, 9.17) is 17.7 Å². The lowest BCUT2D eigenvalue weighted by Gasteiger charge is -1.89. The second kappa shape index (κ2) is 5.79. The molecule has 0 radical (unpaired) electrons. The molecule has 6 aromatic rings. The minimum atomic E-state index is 0.769. The Morgan fingerprint density at radius 1 is 0.500 bits per heavy atom. The van der Waals surface area contributed by atoms with Crippen LogP contribution in [0.2, 0.25) is 0 Å². The van der Waals surface area contributed by atoms with Gasteiger partial charge in [-0.1, -0.05) is 36.4 Å². The van der Waals surface area contributed by atoms with Crippen LogP contribution in [0, 0.1) is 0 Å². The van der Waals surface area contributed by atoms with Crippen molar-refractivity contribution in [1.29, 1.82) is 0 Å². The Morgan fingerprint density at radius 2 is 0.964 bits per heavy atom. The smallest absolute Gasteiger partial charge is 0.177 e. The summed E-state index contributed by atoms with van der Waals surface area (Å²) in [6, 6.07) is 16.0. The molecule has 0 saturated carbocycles. The molecule has 0 saturated heterocycles. The van der Waals surface area contributed by atoms with E-state index in [9.17, 15) is 0 Å². The first-order valence-corrected chi connectivity index (χ1v) is 8.99. The highest BCUT2D eigenvalue weighted by Gasteiger charge is 2.09. The Labute approximate surface area is 158 Å². The molecule has 0 aliphatic carbocycles. The molecule has 6 rings (SSSR count). The zero-order valence-corrected chi connectivity index (χ0v) is 14.7. The number of furan rings is 4. The predicted octanol–water partition coefficient (Wildman–Crippen LogP) is 7.40. The maximum absolute atomic E-state index is 5.93. The van der Waals surface area contributed by atoms with Crippen LogP contribution in [-0.2, 0) is 0 Å². The van der Waals surface area contributed by atoms with Gasteiger partial charge in [-0.3, -0.25) is 0 Å². The molecule has 4 nitrogen and oxygen atoms in total. The van der Waals surface area contributed by atoms with Crippen molar-refractivity contribution in [2.45, 2.75) is 0 Å². The van der Waals surface area contributed by atoms with Crippen LogP contribution in [0.15, 0.2) is 90.9 Å². The van der Waals surface area contributed by atoms with Gasteiger partial charge in [-0.05, 0) is 36.4 Å². The molecule has 0 amide bonds. The molecule has 0 unspecified atom stereocenters. The third-order valence-corrected chi connectivity index (χ3v) is 4.88. The highest BCUT2D eigenvalue weighted by molar-refractivity contribution is 6.02. The van der Waals surface area contributed by atoms with Crippen LogP contribution in [0.25, 0.3) is 56.0 Å². The number of hydrogen-bond donors (Lipinski definition) is 0. The minimum Gasteiger partial charge on any atom is -0.460 e. The van der Waals surface area contributed by atoms with Gasteiger partial charge in [-0.2, -0.15) is 0 Å². The summed E-state index contributed by atoms with van der Waals surface area (Å²) >= 11 is 0. The largest absolute Gasteiger partial charge is 0.460 e. The van der Waals surface area contributed by atoms with Gasteiger partial charge in [0.05, 0.1) is 12.5 Å². The minimum absolute atomic E-state index is 0.769. The summed E-state index contributed by atoms with van der Waals surface area (Å²) in [5.41, 5.74) is 3.09. The fourth-order valence-electron chi connectivity index (χ4n) is 3.55. The molecule has 4 aromatic heterocycles. The number of fused-ring (bicyclic) bond motifs is 6. The number of benzene rings is 2. The average Bonchev–Trinajstić information content (AvgIpc) is 3.48. The lowest BCUT2D eigenvalue weighted by atomic mass is 10.2. The summed E-state index contributed by atoms with van der Waals surface area (Å²) in [5, 5.41) is 4.11. The van der Waals surface area contributed by atoms with E-state index in [-0.39, 0.29) is 0 Å². The third kappa shape index (κ3) is 2.32. The Kier molecular flexibility index (Phi) is 3.14. The molecule has 4 heteroatoms. The van der Waals surface area contributed by atoms with E-state index >= 15 is 0 Å². The second-order valence-electron chi connectivity index (χ2n) is 6.66. The van der Waals surface area contributed by atoms with Crippen molar-refractivity contribution in [3.63, 3.8) is 0 Å². The van der Waals surface area contributed by atoms with Gasteiger partial charge in [0.1, 0.15) is 11.5 Å². The number of hydrogen-bond acceptors (Lipinski definition) is 4. The van der Waals surface area contributed by atoms with Gasteiger partial charge in [0.15, 0.2) is 22.3 Å². The normalized spacial score (nSPS) is 12.7. The Balaban J connectivity index is 1.30. The fraction of sp³-hybridized carbons (Fsp3) is 0. The van der Waals surface area contributed by atoms with Gasteiger partial charge in [0, 0.05) is 21.5 Å². The summed E-state index contributed by atoms with van der Waals surface area (Å²) in [7, 11) is 0. The molecule has 0 spiro atoms. The van der Waals surface area contributed by atoms with Crippen molar-refractivity contribution in [1.82, 2.24) is 0 Å². The van der Waals surface area contributed by atoms with Gasteiger partial charge in [-0.15, -0.1) is 0 Å².